The van der Waals surface area contributed by atoms with E-state index in [9.17, 15) is 4.79 Å². The van der Waals surface area contributed by atoms with Crippen molar-refractivity contribution in [2.75, 3.05) is 20.2 Å². The minimum Gasteiger partial charge on any atom is -0.486 e. The number of aryl methyl sites for hydroxylation is 1. The van der Waals surface area contributed by atoms with Crippen LogP contribution in [0.3, 0.4) is 0 Å². The van der Waals surface area contributed by atoms with Crippen LogP contribution < -0.4 is 9.47 Å². The lowest BCUT2D eigenvalue weighted by atomic mass is 10.1. The van der Waals surface area contributed by atoms with Crippen LogP contribution in [0.25, 0.3) is 11.4 Å². The summed E-state index contributed by atoms with van der Waals surface area (Å²) in [5.74, 6) is 1.79. The SMILES string of the molecule is Cc1ccc(-c2nnn(CC(=O)N(C)C[C@H]3COc4ccccc4O3)n2)cc1. The highest BCUT2D eigenvalue weighted by atomic mass is 16.6. The van der Waals surface area contributed by atoms with Crippen molar-refractivity contribution in [3.8, 4) is 22.9 Å². The highest BCUT2D eigenvalue weighted by Gasteiger charge is 2.24. The Labute approximate surface area is 162 Å². The molecule has 28 heavy (non-hydrogen) atoms. The Bertz CT molecular complexity index is 970. The average Bonchev–Trinajstić information content (AvgIpc) is 3.17. The molecule has 0 spiro atoms. The van der Waals surface area contributed by atoms with Gasteiger partial charge >= 0.3 is 0 Å². The lowest BCUT2D eigenvalue weighted by Crippen LogP contribution is -2.43. The Balaban J connectivity index is 1.34. The number of hydrogen-bond donors (Lipinski definition) is 0. The summed E-state index contributed by atoms with van der Waals surface area (Å²) in [6, 6.07) is 15.3. The Morgan fingerprint density at radius 2 is 1.93 bits per heavy atom. The normalized spacial score (nSPS) is 15.3. The van der Waals surface area contributed by atoms with Crippen LogP contribution >= 0.6 is 0 Å². The summed E-state index contributed by atoms with van der Waals surface area (Å²) in [6.45, 7) is 2.84. The molecule has 1 aliphatic rings. The maximum absolute atomic E-state index is 12.5. The van der Waals surface area contributed by atoms with Crippen LogP contribution in [0.5, 0.6) is 11.5 Å². The second kappa shape index (κ2) is 7.67. The van der Waals surface area contributed by atoms with Gasteiger partial charge in [0.15, 0.2) is 17.6 Å². The number of para-hydroxylation sites is 2. The topological polar surface area (TPSA) is 82.4 Å². The minimum atomic E-state index is -0.226. The zero-order valence-corrected chi connectivity index (χ0v) is 15.8. The van der Waals surface area contributed by atoms with Crippen LogP contribution in [0.2, 0.25) is 0 Å². The van der Waals surface area contributed by atoms with E-state index in [1.54, 1.807) is 11.9 Å². The summed E-state index contributed by atoms with van der Waals surface area (Å²) < 4.78 is 11.6. The smallest absolute Gasteiger partial charge is 0.246 e. The number of rotatable bonds is 5. The van der Waals surface area contributed by atoms with Crippen LogP contribution in [0, 0.1) is 6.92 Å². The Hall–Kier alpha value is -3.42. The van der Waals surface area contributed by atoms with Crippen molar-refractivity contribution in [1.82, 2.24) is 25.1 Å². The van der Waals surface area contributed by atoms with E-state index >= 15 is 0 Å². The van der Waals surface area contributed by atoms with Gasteiger partial charge in [-0.2, -0.15) is 4.80 Å². The number of ether oxygens (including phenoxy) is 2. The van der Waals surface area contributed by atoms with Gasteiger partial charge in [-0.15, -0.1) is 10.2 Å². The number of hydrogen-bond acceptors (Lipinski definition) is 6. The fraction of sp³-hybridized carbons (Fsp3) is 0.300. The van der Waals surface area contributed by atoms with Gasteiger partial charge in [0.1, 0.15) is 13.2 Å². The van der Waals surface area contributed by atoms with E-state index in [0.29, 0.717) is 24.7 Å². The number of carbonyl (C=O) groups excluding carboxylic acids is 1. The average molecular weight is 379 g/mol. The third-order valence-corrected chi connectivity index (χ3v) is 4.51. The van der Waals surface area contributed by atoms with E-state index in [0.717, 1.165) is 16.9 Å². The largest absolute Gasteiger partial charge is 0.486 e. The second-order valence-corrected chi connectivity index (χ2v) is 6.78. The van der Waals surface area contributed by atoms with Crippen LogP contribution in [0.1, 0.15) is 5.56 Å². The first-order valence-electron chi connectivity index (χ1n) is 9.06. The van der Waals surface area contributed by atoms with E-state index in [4.69, 9.17) is 9.47 Å². The van der Waals surface area contributed by atoms with Gasteiger partial charge in [-0.05, 0) is 24.3 Å². The number of carbonyl (C=O) groups is 1. The molecular formula is C20H21N5O3. The molecule has 144 valence electrons. The summed E-state index contributed by atoms with van der Waals surface area (Å²) in [4.78, 5) is 15.4. The van der Waals surface area contributed by atoms with Crippen LogP contribution in [-0.4, -0.2) is 57.3 Å². The number of tetrazole rings is 1. The van der Waals surface area contributed by atoms with Crippen molar-refractivity contribution in [2.24, 2.45) is 0 Å². The van der Waals surface area contributed by atoms with Crippen LogP contribution in [0.15, 0.2) is 48.5 Å². The Kier molecular flexibility index (Phi) is 4.92. The van der Waals surface area contributed by atoms with Crippen molar-refractivity contribution in [1.29, 1.82) is 0 Å². The van der Waals surface area contributed by atoms with Crippen LogP contribution in [0.4, 0.5) is 0 Å². The summed E-state index contributed by atoms with van der Waals surface area (Å²) in [6.07, 6.45) is -0.226. The monoisotopic (exact) mass is 379 g/mol. The summed E-state index contributed by atoms with van der Waals surface area (Å²) >= 11 is 0. The molecule has 0 unspecified atom stereocenters. The van der Waals surface area contributed by atoms with E-state index in [2.05, 4.69) is 15.4 Å². The fourth-order valence-electron chi connectivity index (χ4n) is 2.93. The molecule has 1 aliphatic heterocycles. The number of nitrogens with zero attached hydrogens (tertiary/aromatic N) is 5. The molecule has 0 saturated heterocycles. The molecule has 1 atom stereocenters. The molecule has 0 aliphatic carbocycles. The molecule has 3 aromatic rings. The van der Waals surface area contributed by atoms with Gasteiger partial charge in [-0.25, -0.2) is 0 Å². The molecular weight excluding hydrogens is 358 g/mol. The number of benzene rings is 2. The van der Waals surface area contributed by atoms with Gasteiger partial charge in [0.2, 0.25) is 11.7 Å². The number of likely N-dealkylation sites (N-methyl/N-ethyl adjacent to an activating group) is 1. The van der Waals surface area contributed by atoms with Crippen molar-refractivity contribution in [2.45, 2.75) is 19.6 Å². The van der Waals surface area contributed by atoms with Gasteiger partial charge in [-0.3, -0.25) is 4.79 Å². The molecule has 0 fully saturated rings. The van der Waals surface area contributed by atoms with Crippen molar-refractivity contribution < 1.29 is 14.3 Å². The first-order chi connectivity index (χ1) is 13.6. The fourth-order valence-corrected chi connectivity index (χ4v) is 2.93. The maximum atomic E-state index is 12.5. The van der Waals surface area contributed by atoms with E-state index in [1.165, 1.54) is 4.80 Å². The van der Waals surface area contributed by atoms with Crippen molar-refractivity contribution in [3.63, 3.8) is 0 Å². The number of amides is 1. The molecule has 8 nitrogen and oxygen atoms in total. The first-order valence-corrected chi connectivity index (χ1v) is 9.06. The molecule has 1 amide bonds. The molecule has 1 aromatic heterocycles. The third kappa shape index (κ3) is 3.95. The lowest BCUT2D eigenvalue weighted by molar-refractivity contribution is -0.132. The van der Waals surface area contributed by atoms with Gasteiger partial charge in [0, 0.05) is 12.6 Å². The van der Waals surface area contributed by atoms with Gasteiger partial charge in [0.05, 0.1) is 6.54 Å². The summed E-state index contributed by atoms with van der Waals surface area (Å²) in [5.41, 5.74) is 2.02. The van der Waals surface area contributed by atoms with Gasteiger partial charge in [0.25, 0.3) is 0 Å². The number of fused-ring (bicyclic) bond motifs is 1. The molecule has 0 saturated carbocycles. The molecule has 4 rings (SSSR count). The molecule has 0 bridgehead atoms. The van der Waals surface area contributed by atoms with Crippen molar-refractivity contribution in [3.05, 3.63) is 54.1 Å². The molecule has 2 heterocycles. The molecule has 2 aromatic carbocycles. The van der Waals surface area contributed by atoms with Crippen LogP contribution in [-0.2, 0) is 11.3 Å². The Morgan fingerprint density at radius 1 is 1.18 bits per heavy atom. The maximum Gasteiger partial charge on any atom is 0.246 e. The number of aromatic nitrogens is 4. The highest BCUT2D eigenvalue weighted by Crippen LogP contribution is 2.30. The standard InChI is InChI=1S/C20H21N5O3/c1-14-7-9-15(10-8-14)20-21-23-25(22-20)12-19(26)24(2)11-16-13-27-17-5-3-4-6-18(17)28-16/h3-10,16H,11-13H2,1-2H3/t16-/m0/s1. The quantitative estimate of drug-likeness (QED) is 0.674. The molecule has 0 radical (unpaired) electrons. The minimum absolute atomic E-state index is 0.0134. The zero-order valence-electron chi connectivity index (χ0n) is 15.8. The summed E-state index contributed by atoms with van der Waals surface area (Å²) in [5, 5.41) is 12.3. The van der Waals surface area contributed by atoms with Gasteiger partial charge < -0.3 is 14.4 Å². The van der Waals surface area contributed by atoms with E-state index in [-0.39, 0.29) is 18.6 Å². The summed E-state index contributed by atoms with van der Waals surface area (Å²) in [7, 11) is 1.73. The second-order valence-electron chi connectivity index (χ2n) is 6.78. The van der Waals surface area contributed by atoms with E-state index in [1.807, 2.05) is 55.5 Å². The third-order valence-electron chi connectivity index (χ3n) is 4.51. The predicted molar refractivity (Wildman–Crippen MR) is 102 cm³/mol. The van der Waals surface area contributed by atoms with E-state index < -0.39 is 0 Å². The highest BCUT2D eigenvalue weighted by molar-refractivity contribution is 5.75. The lowest BCUT2D eigenvalue weighted by Gasteiger charge is -2.29. The predicted octanol–water partition coefficient (Wildman–Crippen LogP) is 1.95. The Morgan fingerprint density at radius 3 is 2.71 bits per heavy atom. The van der Waals surface area contributed by atoms with Crippen molar-refractivity contribution >= 4 is 5.91 Å². The van der Waals surface area contributed by atoms with Gasteiger partial charge in [-0.1, -0.05) is 42.0 Å². The molecule has 0 N–H and O–H groups in total. The molecule has 8 heteroatoms. The zero-order chi connectivity index (χ0) is 19.5. The first kappa shape index (κ1) is 18.0.